The highest BCUT2D eigenvalue weighted by Gasteiger charge is 2.39. The Balaban J connectivity index is 1.96. The van der Waals surface area contributed by atoms with Crippen molar-refractivity contribution in [2.45, 2.75) is 30.3 Å². The third-order valence-corrected chi connectivity index (χ3v) is 5.62. The molecule has 0 aliphatic heterocycles. The van der Waals surface area contributed by atoms with Gasteiger partial charge in [-0.05, 0) is 31.0 Å². The van der Waals surface area contributed by atoms with Crippen molar-refractivity contribution < 1.29 is 18.3 Å². The lowest BCUT2D eigenvalue weighted by molar-refractivity contribution is -0.137. The zero-order valence-electron chi connectivity index (χ0n) is 12.4. The minimum atomic E-state index is -3.80. The van der Waals surface area contributed by atoms with Crippen molar-refractivity contribution in [3.05, 3.63) is 42.6 Å². The van der Waals surface area contributed by atoms with Crippen molar-refractivity contribution in [3.63, 3.8) is 0 Å². The van der Waals surface area contributed by atoms with Gasteiger partial charge in [-0.1, -0.05) is 18.2 Å². The van der Waals surface area contributed by atoms with Crippen LogP contribution >= 0.6 is 0 Å². The average Bonchev–Trinajstić information content (AvgIpc) is 3.22. The van der Waals surface area contributed by atoms with Crippen LogP contribution in [-0.2, 0) is 14.8 Å². The molecule has 0 spiro atoms. The molecule has 0 unspecified atom stereocenters. The molecule has 0 saturated heterocycles. The molecule has 1 fully saturated rings. The van der Waals surface area contributed by atoms with E-state index in [-0.39, 0.29) is 24.0 Å². The predicted molar refractivity (Wildman–Crippen MR) is 82.7 cm³/mol. The van der Waals surface area contributed by atoms with Crippen molar-refractivity contribution in [1.82, 2.24) is 14.1 Å². The Morgan fingerprint density at radius 2 is 1.96 bits per heavy atom. The summed E-state index contributed by atoms with van der Waals surface area (Å²) in [6.45, 7) is -0.0255. The highest BCUT2D eigenvalue weighted by atomic mass is 32.2. The fraction of sp³-hybridized carbons (Fsp3) is 0.333. The lowest BCUT2D eigenvalue weighted by Crippen LogP contribution is -2.36. The summed E-state index contributed by atoms with van der Waals surface area (Å²) in [5, 5.41) is 13.0. The third kappa shape index (κ3) is 3.27. The van der Waals surface area contributed by atoms with Crippen LogP contribution in [0.4, 0.5) is 0 Å². The van der Waals surface area contributed by atoms with Crippen LogP contribution in [-0.4, -0.2) is 46.2 Å². The molecule has 1 aromatic carbocycles. The average molecular weight is 335 g/mol. The number of aromatic nitrogens is 2. The molecule has 8 heteroatoms. The summed E-state index contributed by atoms with van der Waals surface area (Å²) >= 11 is 0. The number of hydrogen-bond acceptors (Lipinski definition) is 4. The van der Waals surface area contributed by atoms with E-state index in [0.29, 0.717) is 5.69 Å². The highest BCUT2D eigenvalue weighted by Crippen LogP contribution is 2.32. The Morgan fingerprint density at radius 1 is 1.26 bits per heavy atom. The summed E-state index contributed by atoms with van der Waals surface area (Å²) in [6.07, 6.45) is 2.74. The molecule has 122 valence electrons. The Hall–Kier alpha value is -2.19. The molecule has 1 heterocycles. The van der Waals surface area contributed by atoms with Crippen LogP contribution in [0.25, 0.3) is 5.69 Å². The van der Waals surface area contributed by atoms with Crippen LogP contribution < -0.4 is 0 Å². The molecule has 3 rings (SSSR count). The maximum atomic E-state index is 13.0. The number of carbonyl (C=O) groups is 1. The molecule has 1 saturated carbocycles. The second kappa shape index (κ2) is 6.13. The Morgan fingerprint density at radius 3 is 2.57 bits per heavy atom. The quantitative estimate of drug-likeness (QED) is 0.828. The minimum Gasteiger partial charge on any atom is -0.481 e. The topological polar surface area (TPSA) is 92.5 Å². The number of rotatable bonds is 7. The first kappa shape index (κ1) is 15.7. The van der Waals surface area contributed by atoms with E-state index < -0.39 is 16.0 Å². The van der Waals surface area contributed by atoms with Crippen molar-refractivity contribution in [1.29, 1.82) is 0 Å². The van der Waals surface area contributed by atoms with E-state index in [4.69, 9.17) is 5.11 Å². The van der Waals surface area contributed by atoms with E-state index in [0.717, 1.165) is 12.8 Å². The summed E-state index contributed by atoms with van der Waals surface area (Å²) in [4.78, 5) is 10.8. The molecular formula is C15H17N3O4S. The maximum Gasteiger partial charge on any atom is 0.304 e. The third-order valence-electron chi connectivity index (χ3n) is 3.68. The van der Waals surface area contributed by atoms with E-state index in [1.54, 1.807) is 24.3 Å². The van der Waals surface area contributed by atoms with Gasteiger partial charge >= 0.3 is 5.97 Å². The van der Waals surface area contributed by atoms with E-state index in [1.165, 1.54) is 21.3 Å². The van der Waals surface area contributed by atoms with Crippen molar-refractivity contribution in [2.24, 2.45) is 0 Å². The summed E-state index contributed by atoms with van der Waals surface area (Å²) in [5.74, 6) is -1.01. The molecule has 0 bridgehead atoms. The standard InChI is InChI=1S/C15H17N3O4S/c19-15(20)9-11-17(12-6-7-12)23(21,22)14-8-10-16-18(14)13-4-2-1-3-5-13/h1-5,8,10,12H,6-7,9,11H2,(H,19,20). The Labute approximate surface area is 134 Å². The second-order valence-electron chi connectivity index (χ2n) is 5.41. The largest absolute Gasteiger partial charge is 0.481 e. The summed E-state index contributed by atoms with van der Waals surface area (Å²) in [5.41, 5.74) is 0.644. The number of carboxylic acids is 1. The van der Waals surface area contributed by atoms with E-state index in [9.17, 15) is 13.2 Å². The number of para-hydroxylation sites is 1. The summed E-state index contributed by atoms with van der Waals surface area (Å²) in [6, 6.07) is 10.3. The molecule has 1 aromatic heterocycles. The molecule has 1 aliphatic carbocycles. The van der Waals surface area contributed by atoms with Gasteiger partial charge in [-0.2, -0.15) is 9.40 Å². The van der Waals surface area contributed by atoms with Crippen molar-refractivity contribution in [2.75, 3.05) is 6.54 Å². The molecule has 1 aliphatic rings. The van der Waals surface area contributed by atoms with Gasteiger partial charge in [0.15, 0.2) is 5.03 Å². The van der Waals surface area contributed by atoms with Gasteiger partial charge in [0.2, 0.25) is 0 Å². The highest BCUT2D eigenvalue weighted by molar-refractivity contribution is 7.89. The molecule has 23 heavy (non-hydrogen) atoms. The molecule has 1 N–H and O–H groups in total. The van der Waals surface area contributed by atoms with Crippen LogP contribution in [0, 0.1) is 0 Å². The fourth-order valence-corrected chi connectivity index (χ4v) is 4.22. The van der Waals surface area contributed by atoms with Gasteiger partial charge in [0.05, 0.1) is 18.3 Å². The Kier molecular flexibility index (Phi) is 4.18. The smallest absolute Gasteiger partial charge is 0.304 e. The molecule has 0 amide bonds. The fourth-order valence-electron chi connectivity index (χ4n) is 2.44. The lowest BCUT2D eigenvalue weighted by Gasteiger charge is -2.21. The predicted octanol–water partition coefficient (Wildman–Crippen LogP) is 1.50. The summed E-state index contributed by atoms with van der Waals surface area (Å²) in [7, 11) is -3.80. The normalized spacial score (nSPS) is 15.0. The van der Waals surface area contributed by atoms with Gasteiger partial charge < -0.3 is 5.11 Å². The summed E-state index contributed by atoms with van der Waals surface area (Å²) < 4.78 is 28.6. The molecular weight excluding hydrogens is 318 g/mol. The van der Waals surface area contributed by atoms with Crippen molar-refractivity contribution >= 4 is 16.0 Å². The molecule has 0 atom stereocenters. The lowest BCUT2D eigenvalue weighted by atomic mass is 10.3. The second-order valence-corrected chi connectivity index (χ2v) is 7.24. The first-order chi connectivity index (χ1) is 11.0. The van der Waals surface area contributed by atoms with Gasteiger partial charge in [0.25, 0.3) is 10.0 Å². The molecule has 7 nitrogen and oxygen atoms in total. The van der Waals surface area contributed by atoms with Crippen LogP contribution in [0.2, 0.25) is 0 Å². The number of benzene rings is 1. The van der Waals surface area contributed by atoms with E-state index >= 15 is 0 Å². The van der Waals surface area contributed by atoms with Crippen LogP contribution in [0.5, 0.6) is 0 Å². The van der Waals surface area contributed by atoms with Crippen molar-refractivity contribution in [3.8, 4) is 5.69 Å². The zero-order chi connectivity index (χ0) is 16.4. The number of aliphatic carboxylic acids is 1. The number of sulfonamides is 1. The minimum absolute atomic E-state index is 0.0255. The van der Waals surface area contributed by atoms with Gasteiger partial charge in [0.1, 0.15) is 0 Å². The molecule has 0 radical (unpaired) electrons. The first-order valence-corrected chi connectivity index (χ1v) is 8.77. The van der Waals surface area contributed by atoms with E-state index in [2.05, 4.69) is 5.10 Å². The number of nitrogens with zero attached hydrogens (tertiary/aromatic N) is 3. The SMILES string of the molecule is O=C(O)CCN(C1CC1)S(=O)(=O)c1ccnn1-c1ccccc1. The van der Waals surface area contributed by atoms with Gasteiger partial charge in [-0.3, -0.25) is 4.79 Å². The van der Waals surface area contributed by atoms with Gasteiger partial charge in [-0.25, -0.2) is 13.1 Å². The monoisotopic (exact) mass is 335 g/mol. The van der Waals surface area contributed by atoms with Crippen LogP contribution in [0.15, 0.2) is 47.6 Å². The van der Waals surface area contributed by atoms with Gasteiger partial charge in [0, 0.05) is 12.6 Å². The maximum absolute atomic E-state index is 13.0. The number of carboxylic acid groups (broad SMARTS) is 1. The Bertz CT molecular complexity index is 797. The van der Waals surface area contributed by atoms with Gasteiger partial charge in [-0.15, -0.1) is 0 Å². The van der Waals surface area contributed by atoms with Crippen LogP contribution in [0.1, 0.15) is 19.3 Å². The zero-order valence-corrected chi connectivity index (χ0v) is 13.2. The number of hydrogen-bond donors (Lipinski definition) is 1. The van der Waals surface area contributed by atoms with E-state index in [1.807, 2.05) is 6.07 Å². The first-order valence-electron chi connectivity index (χ1n) is 7.33. The van der Waals surface area contributed by atoms with Crippen LogP contribution in [0.3, 0.4) is 0 Å². The molecule has 2 aromatic rings.